The van der Waals surface area contributed by atoms with Gasteiger partial charge < -0.3 is 9.52 Å². The van der Waals surface area contributed by atoms with Crippen LogP contribution in [0, 0.1) is 0 Å². The lowest BCUT2D eigenvalue weighted by atomic mass is 10.1. The first-order valence-electron chi connectivity index (χ1n) is 7.67. The fourth-order valence-electron chi connectivity index (χ4n) is 2.74. The molecule has 22 heavy (non-hydrogen) atoms. The summed E-state index contributed by atoms with van der Waals surface area (Å²) in [4.78, 5) is 4.62. The third-order valence-electron chi connectivity index (χ3n) is 4.05. The average molecular weight is 334 g/mol. The second-order valence-corrected chi connectivity index (χ2v) is 6.47. The Bertz CT molecular complexity index is 433. The van der Waals surface area contributed by atoms with Crippen LogP contribution in [0.1, 0.15) is 24.9 Å². The topological polar surface area (TPSA) is 39.9 Å². The predicted octanol–water partition coefficient (Wildman–Crippen LogP) is 2.62. The van der Waals surface area contributed by atoms with Gasteiger partial charge in [0.05, 0.1) is 18.9 Å². The van der Waals surface area contributed by atoms with Gasteiger partial charge in [-0.3, -0.25) is 9.80 Å². The van der Waals surface area contributed by atoms with Gasteiger partial charge in [-0.25, -0.2) is 0 Å². The van der Waals surface area contributed by atoms with Crippen molar-refractivity contribution >= 4 is 11.8 Å². The minimum Gasteiger partial charge on any atom is -0.464 e. The van der Waals surface area contributed by atoms with Crippen LogP contribution in [0.2, 0.25) is 0 Å². The fraction of sp³-hybridized carbons (Fsp3) is 0.733. The van der Waals surface area contributed by atoms with Crippen molar-refractivity contribution in [2.75, 3.05) is 32.8 Å². The molecular weight excluding hydrogens is 310 g/mol. The third-order valence-corrected chi connectivity index (χ3v) is 4.76. The minimum absolute atomic E-state index is 0.208. The maximum Gasteiger partial charge on any atom is 0.284 e. The number of hydrogen-bond acceptors (Lipinski definition) is 5. The first-order valence-corrected chi connectivity index (χ1v) is 8.71. The molecule has 0 bridgehead atoms. The smallest absolute Gasteiger partial charge is 0.284 e. The number of nitrogens with zero attached hydrogens (tertiary/aromatic N) is 2. The van der Waals surface area contributed by atoms with Gasteiger partial charge in [0, 0.05) is 32.2 Å². The highest BCUT2D eigenvalue weighted by atomic mass is 32.2. The van der Waals surface area contributed by atoms with E-state index in [9.17, 15) is 13.9 Å². The van der Waals surface area contributed by atoms with E-state index in [-0.39, 0.29) is 18.4 Å². The number of aliphatic hydroxyl groups is 1. The number of rotatable bonds is 8. The Morgan fingerprint density at radius 1 is 1.23 bits per heavy atom. The molecule has 1 aliphatic rings. The Morgan fingerprint density at radius 2 is 1.91 bits per heavy atom. The molecule has 0 aromatic carbocycles. The van der Waals surface area contributed by atoms with Gasteiger partial charge in [0.25, 0.3) is 5.76 Å². The summed E-state index contributed by atoms with van der Waals surface area (Å²) in [5.74, 6) is -0.724. The number of aliphatic hydroxyl groups excluding tert-OH is 1. The monoisotopic (exact) mass is 334 g/mol. The van der Waals surface area contributed by atoms with Gasteiger partial charge in [0.2, 0.25) is 0 Å². The van der Waals surface area contributed by atoms with Crippen LogP contribution in [0.5, 0.6) is 0 Å². The number of piperazine rings is 1. The van der Waals surface area contributed by atoms with Crippen molar-refractivity contribution in [1.29, 1.82) is 0 Å². The molecule has 1 saturated heterocycles. The summed E-state index contributed by atoms with van der Waals surface area (Å²) in [6, 6.07) is 3.90. The molecule has 1 N–H and O–H groups in total. The molecule has 1 aromatic rings. The largest absolute Gasteiger partial charge is 0.464 e. The SMILES string of the molecule is CCC(CO)N1CCN(Cc2ccc(CSC(F)F)o2)CC1. The molecule has 1 atom stereocenters. The van der Waals surface area contributed by atoms with Crippen LogP contribution in [0.4, 0.5) is 8.78 Å². The molecule has 0 saturated carbocycles. The first kappa shape index (κ1) is 17.7. The molecule has 0 amide bonds. The minimum atomic E-state index is -2.36. The molecule has 1 aromatic heterocycles. The van der Waals surface area contributed by atoms with Crippen LogP contribution in [0.15, 0.2) is 16.5 Å². The number of halogens is 2. The molecule has 1 fully saturated rings. The molecule has 7 heteroatoms. The van der Waals surface area contributed by atoms with Crippen LogP contribution in [0.3, 0.4) is 0 Å². The highest BCUT2D eigenvalue weighted by molar-refractivity contribution is 7.98. The second kappa shape index (κ2) is 8.86. The van der Waals surface area contributed by atoms with Gasteiger partial charge in [-0.1, -0.05) is 18.7 Å². The molecule has 0 spiro atoms. The van der Waals surface area contributed by atoms with Crippen molar-refractivity contribution in [1.82, 2.24) is 9.80 Å². The van der Waals surface area contributed by atoms with Crippen LogP contribution in [-0.4, -0.2) is 59.5 Å². The first-order chi connectivity index (χ1) is 10.6. The van der Waals surface area contributed by atoms with Crippen molar-refractivity contribution in [3.63, 3.8) is 0 Å². The second-order valence-electron chi connectivity index (χ2n) is 5.50. The molecule has 0 radical (unpaired) electrons. The lowest BCUT2D eigenvalue weighted by Crippen LogP contribution is -2.50. The van der Waals surface area contributed by atoms with Crippen LogP contribution in [0.25, 0.3) is 0 Å². The number of furan rings is 1. The van der Waals surface area contributed by atoms with Crippen molar-refractivity contribution < 1.29 is 18.3 Å². The molecule has 4 nitrogen and oxygen atoms in total. The zero-order chi connectivity index (χ0) is 15.9. The van der Waals surface area contributed by atoms with Crippen molar-refractivity contribution in [3.05, 3.63) is 23.7 Å². The van der Waals surface area contributed by atoms with Gasteiger partial charge in [-0.15, -0.1) is 0 Å². The van der Waals surface area contributed by atoms with Gasteiger partial charge in [-0.2, -0.15) is 8.78 Å². The van der Waals surface area contributed by atoms with E-state index in [4.69, 9.17) is 4.42 Å². The van der Waals surface area contributed by atoms with Crippen molar-refractivity contribution in [2.45, 2.75) is 37.4 Å². The maximum absolute atomic E-state index is 12.2. The Hall–Kier alpha value is -0.630. The highest BCUT2D eigenvalue weighted by Crippen LogP contribution is 2.22. The zero-order valence-electron chi connectivity index (χ0n) is 12.9. The van der Waals surface area contributed by atoms with E-state index in [0.717, 1.165) is 38.4 Å². The average Bonchev–Trinajstić information content (AvgIpc) is 2.96. The summed E-state index contributed by atoms with van der Waals surface area (Å²) in [7, 11) is 0. The quantitative estimate of drug-likeness (QED) is 0.791. The van der Waals surface area contributed by atoms with Crippen molar-refractivity contribution in [2.24, 2.45) is 0 Å². The van der Waals surface area contributed by atoms with Crippen molar-refractivity contribution in [3.8, 4) is 0 Å². The Morgan fingerprint density at radius 3 is 2.50 bits per heavy atom. The van der Waals surface area contributed by atoms with E-state index in [2.05, 4.69) is 16.7 Å². The Kier molecular flexibility index (Phi) is 7.14. The fourth-order valence-corrected chi connectivity index (χ4v) is 3.19. The standard InChI is InChI=1S/C15H24F2N2O2S/c1-2-12(10-20)19-7-5-18(6-8-19)9-13-3-4-14(21-13)11-22-15(16)17/h3-4,12,15,20H,2,5-11H2,1H3. The molecular formula is C15H24F2N2O2S. The molecule has 2 heterocycles. The van der Waals surface area contributed by atoms with E-state index in [1.165, 1.54) is 0 Å². The molecule has 1 aliphatic heterocycles. The molecule has 1 unspecified atom stereocenters. The Labute approximate surface area is 134 Å². The van der Waals surface area contributed by atoms with E-state index >= 15 is 0 Å². The highest BCUT2D eigenvalue weighted by Gasteiger charge is 2.22. The predicted molar refractivity (Wildman–Crippen MR) is 84.0 cm³/mol. The summed E-state index contributed by atoms with van der Waals surface area (Å²) in [5, 5.41) is 9.35. The summed E-state index contributed by atoms with van der Waals surface area (Å²) in [5.41, 5.74) is 0. The van der Waals surface area contributed by atoms with Crippen LogP contribution >= 0.6 is 11.8 Å². The van der Waals surface area contributed by atoms with Crippen LogP contribution in [-0.2, 0) is 12.3 Å². The lowest BCUT2D eigenvalue weighted by Gasteiger charge is -2.38. The number of alkyl halides is 2. The summed E-state index contributed by atoms with van der Waals surface area (Å²) >= 11 is 0.581. The Balaban J connectivity index is 1.76. The van der Waals surface area contributed by atoms with E-state index < -0.39 is 5.76 Å². The molecule has 2 rings (SSSR count). The normalized spacial score (nSPS) is 19.0. The van der Waals surface area contributed by atoms with E-state index in [1.807, 2.05) is 6.07 Å². The van der Waals surface area contributed by atoms with Gasteiger partial charge >= 0.3 is 0 Å². The zero-order valence-corrected chi connectivity index (χ0v) is 13.7. The van der Waals surface area contributed by atoms with Gasteiger partial charge in [0.1, 0.15) is 11.5 Å². The maximum atomic E-state index is 12.2. The molecule has 0 aliphatic carbocycles. The van der Waals surface area contributed by atoms with Gasteiger partial charge in [-0.05, 0) is 18.6 Å². The summed E-state index contributed by atoms with van der Waals surface area (Å²) in [6.45, 7) is 6.75. The number of hydrogen-bond donors (Lipinski definition) is 1. The van der Waals surface area contributed by atoms with E-state index in [1.54, 1.807) is 6.07 Å². The number of thioether (sulfide) groups is 1. The van der Waals surface area contributed by atoms with Crippen LogP contribution < -0.4 is 0 Å². The third kappa shape index (κ3) is 5.22. The lowest BCUT2D eigenvalue weighted by molar-refractivity contribution is 0.0582. The van der Waals surface area contributed by atoms with E-state index in [0.29, 0.717) is 24.1 Å². The van der Waals surface area contributed by atoms with Gasteiger partial charge in [0.15, 0.2) is 0 Å². The summed E-state index contributed by atoms with van der Waals surface area (Å²) < 4.78 is 29.9. The summed E-state index contributed by atoms with van der Waals surface area (Å²) in [6.07, 6.45) is 0.958. The molecule has 126 valence electrons.